The third-order valence-corrected chi connectivity index (χ3v) is 5.54. The lowest BCUT2D eigenvalue weighted by Crippen LogP contribution is -2.45. The zero-order valence-corrected chi connectivity index (χ0v) is 17.7. The summed E-state index contributed by atoms with van der Waals surface area (Å²) in [4.78, 5) is 17.1. The largest absolute Gasteiger partial charge is 0.416 e. The predicted molar refractivity (Wildman–Crippen MR) is 116 cm³/mol. The topological polar surface area (TPSA) is 47.6 Å². The van der Waals surface area contributed by atoms with Gasteiger partial charge in [-0.2, -0.15) is 13.2 Å². The lowest BCUT2D eigenvalue weighted by molar-refractivity contribution is -0.137. The van der Waals surface area contributed by atoms with Crippen molar-refractivity contribution in [1.29, 1.82) is 0 Å². The maximum absolute atomic E-state index is 12.8. The summed E-state index contributed by atoms with van der Waals surface area (Å²) in [5.41, 5.74) is 1.75. The predicted octanol–water partition coefficient (Wildman–Crippen LogP) is 3.57. The first-order chi connectivity index (χ1) is 14.8. The van der Waals surface area contributed by atoms with E-state index in [1.807, 2.05) is 18.2 Å². The molecule has 1 fully saturated rings. The van der Waals surface area contributed by atoms with Crippen molar-refractivity contribution < 1.29 is 18.0 Å². The number of rotatable bonds is 8. The Balaban J connectivity index is 1.49. The minimum atomic E-state index is -4.41. The van der Waals surface area contributed by atoms with Gasteiger partial charge in [0.2, 0.25) is 5.91 Å². The van der Waals surface area contributed by atoms with Crippen LogP contribution in [0.25, 0.3) is 0 Å². The van der Waals surface area contributed by atoms with Crippen LogP contribution in [0.4, 0.5) is 18.9 Å². The summed E-state index contributed by atoms with van der Waals surface area (Å²) in [6.45, 7) is 8.56. The number of anilines is 1. The zero-order chi connectivity index (χ0) is 22.3. The van der Waals surface area contributed by atoms with Gasteiger partial charge in [-0.25, -0.2) is 0 Å². The third kappa shape index (κ3) is 6.97. The molecule has 0 spiro atoms. The van der Waals surface area contributed by atoms with Gasteiger partial charge >= 0.3 is 6.18 Å². The quantitative estimate of drug-likeness (QED) is 0.667. The summed E-state index contributed by atoms with van der Waals surface area (Å²) in [6.07, 6.45) is -4.41. The Kier molecular flexibility index (Phi) is 7.92. The van der Waals surface area contributed by atoms with Crippen molar-refractivity contribution in [3.05, 3.63) is 65.2 Å². The van der Waals surface area contributed by atoms with E-state index in [0.717, 1.165) is 57.0 Å². The average Bonchev–Trinajstić information content (AvgIpc) is 2.77. The normalized spacial score (nSPS) is 15.6. The molecule has 168 valence electrons. The first-order valence-electron chi connectivity index (χ1n) is 10.5. The number of piperazine rings is 1. The summed E-state index contributed by atoms with van der Waals surface area (Å²) in [5, 5.41) is 5.62. The van der Waals surface area contributed by atoms with Crippen molar-refractivity contribution in [1.82, 2.24) is 15.1 Å². The molecule has 0 unspecified atom stereocenters. The number of halogens is 3. The van der Waals surface area contributed by atoms with Crippen LogP contribution in [0.2, 0.25) is 0 Å². The van der Waals surface area contributed by atoms with Gasteiger partial charge in [0.1, 0.15) is 0 Å². The molecular formula is C23H29F3N4O. The molecule has 0 atom stereocenters. The van der Waals surface area contributed by atoms with Gasteiger partial charge in [0.25, 0.3) is 0 Å². The molecule has 3 rings (SSSR count). The maximum Gasteiger partial charge on any atom is 0.416 e. The van der Waals surface area contributed by atoms with Gasteiger partial charge in [0, 0.05) is 45.0 Å². The lowest BCUT2D eigenvalue weighted by atomic mass is 10.1. The molecule has 2 aromatic rings. The van der Waals surface area contributed by atoms with Crippen LogP contribution in [-0.4, -0.2) is 55.0 Å². The van der Waals surface area contributed by atoms with E-state index in [2.05, 4.69) is 33.4 Å². The van der Waals surface area contributed by atoms with Gasteiger partial charge in [-0.05, 0) is 35.9 Å². The van der Waals surface area contributed by atoms with E-state index in [1.54, 1.807) is 0 Å². The van der Waals surface area contributed by atoms with Gasteiger partial charge < -0.3 is 15.5 Å². The fourth-order valence-corrected chi connectivity index (χ4v) is 3.63. The second-order valence-corrected chi connectivity index (χ2v) is 7.69. The molecule has 2 N–H and O–H groups in total. The van der Waals surface area contributed by atoms with E-state index < -0.39 is 11.7 Å². The van der Waals surface area contributed by atoms with E-state index in [1.165, 1.54) is 17.7 Å². The van der Waals surface area contributed by atoms with Gasteiger partial charge in [-0.1, -0.05) is 37.3 Å². The Bertz CT molecular complexity index is 864. The van der Waals surface area contributed by atoms with Crippen molar-refractivity contribution in [3.8, 4) is 0 Å². The van der Waals surface area contributed by atoms with E-state index in [4.69, 9.17) is 0 Å². The third-order valence-electron chi connectivity index (χ3n) is 5.54. The first kappa shape index (κ1) is 23.1. The lowest BCUT2D eigenvalue weighted by Gasteiger charge is -2.34. The highest BCUT2D eigenvalue weighted by Gasteiger charge is 2.30. The fraction of sp³-hybridized carbons (Fsp3) is 0.435. The minimum absolute atomic E-state index is 0.0948. The van der Waals surface area contributed by atoms with Crippen LogP contribution >= 0.6 is 0 Å². The summed E-state index contributed by atoms with van der Waals surface area (Å²) in [6, 6.07) is 12.9. The maximum atomic E-state index is 12.8. The van der Waals surface area contributed by atoms with E-state index in [0.29, 0.717) is 6.54 Å². The summed E-state index contributed by atoms with van der Waals surface area (Å²) >= 11 is 0. The monoisotopic (exact) mass is 434 g/mol. The SMILES string of the molecule is CCN1CCN(Cc2ccccc2CNC(=O)CNc2cccc(C(F)(F)F)c2)CC1. The van der Waals surface area contributed by atoms with Gasteiger partial charge in [0.05, 0.1) is 12.1 Å². The molecule has 0 bridgehead atoms. The molecule has 0 saturated carbocycles. The summed E-state index contributed by atoms with van der Waals surface area (Å²) in [5.74, 6) is -0.274. The van der Waals surface area contributed by atoms with E-state index in [9.17, 15) is 18.0 Å². The van der Waals surface area contributed by atoms with Crippen LogP contribution in [0.3, 0.4) is 0 Å². The molecule has 0 aromatic heterocycles. The standard InChI is InChI=1S/C23H29F3N4O/c1-2-29-10-12-30(13-11-29)17-19-7-4-3-6-18(19)15-28-22(31)16-27-21-9-5-8-20(14-21)23(24,25)26/h3-9,14,27H,2,10-13,15-17H2,1H3,(H,28,31). The molecule has 1 amide bonds. The fourth-order valence-electron chi connectivity index (χ4n) is 3.63. The number of amides is 1. The van der Waals surface area contributed by atoms with Crippen molar-refractivity contribution in [3.63, 3.8) is 0 Å². The Morgan fingerprint density at radius 3 is 2.32 bits per heavy atom. The molecule has 1 saturated heterocycles. The second-order valence-electron chi connectivity index (χ2n) is 7.69. The number of hydrogen-bond donors (Lipinski definition) is 2. The van der Waals surface area contributed by atoms with Crippen molar-refractivity contribution in [2.75, 3.05) is 44.6 Å². The first-order valence-corrected chi connectivity index (χ1v) is 10.5. The smallest absolute Gasteiger partial charge is 0.376 e. The molecule has 2 aromatic carbocycles. The van der Waals surface area contributed by atoms with Crippen LogP contribution in [-0.2, 0) is 24.1 Å². The van der Waals surface area contributed by atoms with E-state index in [-0.39, 0.29) is 18.1 Å². The molecule has 0 radical (unpaired) electrons. The van der Waals surface area contributed by atoms with Crippen LogP contribution in [0.5, 0.6) is 0 Å². The summed E-state index contributed by atoms with van der Waals surface area (Å²) < 4.78 is 38.4. The minimum Gasteiger partial charge on any atom is -0.376 e. The second kappa shape index (κ2) is 10.6. The number of likely N-dealkylation sites (N-methyl/N-ethyl adjacent to an activating group) is 1. The van der Waals surface area contributed by atoms with E-state index >= 15 is 0 Å². The Morgan fingerprint density at radius 1 is 0.968 bits per heavy atom. The molecular weight excluding hydrogens is 405 g/mol. The summed E-state index contributed by atoms with van der Waals surface area (Å²) in [7, 11) is 0. The average molecular weight is 435 g/mol. The van der Waals surface area contributed by atoms with Crippen LogP contribution in [0, 0.1) is 0 Å². The van der Waals surface area contributed by atoms with Crippen molar-refractivity contribution in [2.45, 2.75) is 26.2 Å². The number of hydrogen-bond acceptors (Lipinski definition) is 4. The number of nitrogens with zero attached hydrogens (tertiary/aromatic N) is 2. The molecule has 0 aliphatic carbocycles. The number of nitrogens with one attached hydrogen (secondary N) is 2. The van der Waals surface area contributed by atoms with Gasteiger partial charge in [-0.3, -0.25) is 9.69 Å². The number of benzene rings is 2. The zero-order valence-electron chi connectivity index (χ0n) is 17.7. The van der Waals surface area contributed by atoms with Gasteiger partial charge in [0.15, 0.2) is 0 Å². The number of carbonyl (C=O) groups is 1. The molecule has 5 nitrogen and oxygen atoms in total. The number of alkyl halides is 3. The molecule has 8 heteroatoms. The highest BCUT2D eigenvalue weighted by Crippen LogP contribution is 2.30. The molecule has 1 aliphatic rings. The van der Waals surface area contributed by atoms with Crippen LogP contribution in [0.15, 0.2) is 48.5 Å². The molecule has 31 heavy (non-hydrogen) atoms. The Hall–Kier alpha value is -2.58. The molecule has 1 heterocycles. The Morgan fingerprint density at radius 2 is 1.65 bits per heavy atom. The molecule has 1 aliphatic heterocycles. The highest BCUT2D eigenvalue weighted by molar-refractivity contribution is 5.80. The Labute approximate surface area is 181 Å². The highest BCUT2D eigenvalue weighted by atomic mass is 19.4. The van der Waals surface area contributed by atoms with Crippen molar-refractivity contribution in [2.24, 2.45) is 0 Å². The number of carbonyl (C=O) groups excluding carboxylic acids is 1. The van der Waals surface area contributed by atoms with Crippen molar-refractivity contribution >= 4 is 11.6 Å². The van der Waals surface area contributed by atoms with Gasteiger partial charge in [-0.15, -0.1) is 0 Å². The van der Waals surface area contributed by atoms with Crippen LogP contribution < -0.4 is 10.6 Å². The van der Waals surface area contributed by atoms with Crippen LogP contribution in [0.1, 0.15) is 23.6 Å².